The first-order valence-corrected chi connectivity index (χ1v) is 9.99. The lowest BCUT2D eigenvalue weighted by Crippen LogP contribution is -2.24. The molecule has 7 heteroatoms. The van der Waals surface area contributed by atoms with E-state index >= 15 is 0 Å². The number of aromatic nitrogens is 3. The maximum atomic E-state index is 12.2. The Labute approximate surface area is 163 Å². The van der Waals surface area contributed by atoms with Crippen LogP contribution in [0.5, 0.6) is 5.75 Å². The quantitative estimate of drug-likeness (QED) is 0.687. The van der Waals surface area contributed by atoms with Crippen molar-refractivity contribution in [3.8, 4) is 5.75 Å². The number of hydrogen-bond acceptors (Lipinski definition) is 6. The maximum absolute atomic E-state index is 12.2. The fraction of sp³-hybridized carbons (Fsp3) is 0.450. The molecule has 0 aliphatic heterocycles. The molecule has 3 aromatic rings. The average Bonchev–Trinajstić information content (AvgIpc) is 2.96. The van der Waals surface area contributed by atoms with Crippen LogP contribution in [0.1, 0.15) is 50.9 Å². The zero-order chi connectivity index (χ0) is 19.6. The van der Waals surface area contributed by atoms with Gasteiger partial charge in [-0.1, -0.05) is 36.8 Å². The Kier molecular flexibility index (Phi) is 5.51. The lowest BCUT2D eigenvalue weighted by Gasteiger charge is -2.23. The number of nitrogens with one attached hydrogen (secondary N) is 1. The molecule has 3 rings (SSSR count). The van der Waals surface area contributed by atoms with Crippen LogP contribution >= 0.6 is 11.3 Å². The number of hydrogen-bond donors (Lipinski definition) is 1. The predicted octanol–water partition coefficient (Wildman–Crippen LogP) is 4.20. The summed E-state index contributed by atoms with van der Waals surface area (Å²) in [7, 11) is 0. The van der Waals surface area contributed by atoms with Gasteiger partial charge in [0.15, 0.2) is 0 Å². The fourth-order valence-corrected chi connectivity index (χ4v) is 3.54. The smallest absolute Gasteiger partial charge is 0.275 e. The van der Waals surface area contributed by atoms with Crippen molar-refractivity contribution in [3.05, 3.63) is 51.4 Å². The molecule has 0 aliphatic carbocycles. The van der Waals surface area contributed by atoms with Gasteiger partial charge in [0.25, 0.3) is 5.56 Å². The van der Waals surface area contributed by atoms with Gasteiger partial charge in [-0.25, -0.2) is 4.98 Å². The van der Waals surface area contributed by atoms with Crippen molar-refractivity contribution in [1.82, 2.24) is 14.6 Å². The molecule has 0 fully saturated rings. The zero-order valence-corrected chi connectivity index (χ0v) is 17.3. The minimum absolute atomic E-state index is 0.139. The van der Waals surface area contributed by atoms with Crippen LogP contribution in [0.3, 0.4) is 0 Å². The average molecular weight is 387 g/mol. The first-order chi connectivity index (χ1) is 12.7. The van der Waals surface area contributed by atoms with Gasteiger partial charge in [0, 0.05) is 23.9 Å². The van der Waals surface area contributed by atoms with Gasteiger partial charge in [-0.3, -0.25) is 4.79 Å². The topological polar surface area (TPSA) is 68.5 Å². The summed E-state index contributed by atoms with van der Waals surface area (Å²) in [6.07, 6.45) is 1.75. The Bertz CT molecular complexity index is 1000. The van der Waals surface area contributed by atoms with Crippen molar-refractivity contribution in [1.29, 1.82) is 0 Å². The number of benzene rings is 1. The minimum Gasteiger partial charge on any atom is -0.488 e. The summed E-state index contributed by atoms with van der Waals surface area (Å²) in [4.78, 5) is 17.4. The Morgan fingerprint density at radius 3 is 2.74 bits per heavy atom. The summed E-state index contributed by atoms with van der Waals surface area (Å²) in [5.74, 6) is 0.858. The molecule has 2 heterocycles. The summed E-state index contributed by atoms with van der Waals surface area (Å²) in [6, 6.07) is 7.73. The summed E-state index contributed by atoms with van der Waals surface area (Å²) in [5, 5.41) is 8.32. The van der Waals surface area contributed by atoms with Gasteiger partial charge in [-0.05, 0) is 45.7 Å². The molecule has 2 aromatic heterocycles. The third-order valence-corrected chi connectivity index (χ3v) is 4.74. The van der Waals surface area contributed by atoms with E-state index in [1.807, 2.05) is 33.8 Å². The highest BCUT2D eigenvalue weighted by molar-refractivity contribution is 7.20. The number of nitrogens with zero attached hydrogens (tertiary/aromatic N) is 3. The lowest BCUT2D eigenvalue weighted by atomic mass is 10.1. The summed E-state index contributed by atoms with van der Waals surface area (Å²) < 4.78 is 7.45. The molecule has 0 radical (unpaired) electrons. The number of aryl methyl sites for hydroxylation is 2. The summed E-state index contributed by atoms with van der Waals surface area (Å²) >= 11 is 1.38. The first-order valence-electron chi connectivity index (χ1n) is 9.17. The van der Waals surface area contributed by atoms with Gasteiger partial charge in [0.1, 0.15) is 11.4 Å². The molecule has 0 atom stereocenters. The molecule has 0 saturated carbocycles. The molecule has 0 saturated heterocycles. The third kappa shape index (κ3) is 4.86. The number of fused-ring (bicyclic) bond motifs is 1. The standard InChI is InChI=1S/C20H26N4O2S/c1-6-7-15-11-17(25)24-19(22-15)27-18(23-24)21-12-14-9-8-13(2)10-16(14)26-20(3,4)5/h8-11H,6-7,12H2,1-5H3,(H,21,23). The van der Waals surface area contributed by atoms with E-state index in [-0.39, 0.29) is 11.2 Å². The Morgan fingerprint density at radius 2 is 2.04 bits per heavy atom. The van der Waals surface area contributed by atoms with Crippen LogP contribution in [0.4, 0.5) is 5.13 Å². The third-order valence-electron chi connectivity index (χ3n) is 3.87. The second kappa shape index (κ2) is 7.68. The normalized spacial score (nSPS) is 11.7. The highest BCUT2D eigenvalue weighted by Crippen LogP contribution is 2.26. The van der Waals surface area contributed by atoms with Gasteiger partial charge in [-0.15, -0.1) is 5.10 Å². The van der Waals surface area contributed by atoms with Crippen molar-refractivity contribution in [2.75, 3.05) is 5.32 Å². The van der Waals surface area contributed by atoms with Crippen LogP contribution in [0.25, 0.3) is 4.96 Å². The van der Waals surface area contributed by atoms with E-state index in [0.717, 1.165) is 35.4 Å². The summed E-state index contributed by atoms with van der Waals surface area (Å²) in [5.41, 5.74) is 2.60. The largest absolute Gasteiger partial charge is 0.488 e. The summed E-state index contributed by atoms with van der Waals surface area (Å²) in [6.45, 7) is 10.8. The van der Waals surface area contributed by atoms with E-state index in [0.29, 0.717) is 16.6 Å². The van der Waals surface area contributed by atoms with Crippen LogP contribution in [0, 0.1) is 6.92 Å². The van der Waals surface area contributed by atoms with Crippen LogP contribution in [-0.4, -0.2) is 20.2 Å². The van der Waals surface area contributed by atoms with Crippen LogP contribution < -0.4 is 15.6 Å². The predicted molar refractivity (Wildman–Crippen MR) is 110 cm³/mol. The van der Waals surface area contributed by atoms with Gasteiger partial charge in [0.2, 0.25) is 10.1 Å². The van der Waals surface area contributed by atoms with E-state index in [1.54, 1.807) is 6.07 Å². The van der Waals surface area contributed by atoms with Crippen molar-refractivity contribution < 1.29 is 4.74 Å². The van der Waals surface area contributed by atoms with E-state index in [1.165, 1.54) is 15.9 Å². The van der Waals surface area contributed by atoms with Crippen LogP contribution in [-0.2, 0) is 13.0 Å². The highest BCUT2D eigenvalue weighted by atomic mass is 32.1. The van der Waals surface area contributed by atoms with Crippen molar-refractivity contribution >= 4 is 21.4 Å². The van der Waals surface area contributed by atoms with E-state index < -0.39 is 0 Å². The van der Waals surface area contributed by atoms with Crippen molar-refractivity contribution in [2.45, 2.75) is 59.6 Å². The second-order valence-corrected chi connectivity index (χ2v) is 8.57. The van der Waals surface area contributed by atoms with Gasteiger partial charge >= 0.3 is 0 Å². The molecule has 1 N–H and O–H groups in total. The highest BCUT2D eigenvalue weighted by Gasteiger charge is 2.15. The van der Waals surface area contributed by atoms with Crippen LogP contribution in [0.2, 0.25) is 0 Å². The molecule has 1 aromatic carbocycles. The molecule has 0 unspecified atom stereocenters. The SMILES string of the molecule is CCCc1cc(=O)n2nc(NCc3ccc(C)cc3OC(C)(C)C)sc2n1. The molecule has 144 valence electrons. The Hall–Kier alpha value is -2.41. The Morgan fingerprint density at radius 1 is 1.26 bits per heavy atom. The van der Waals surface area contributed by atoms with E-state index in [4.69, 9.17) is 4.74 Å². The van der Waals surface area contributed by atoms with Crippen molar-refractivity contribution in [3.63, 3.8) is 0 Å². The van der Waals surface area contributed by atoms with Gasteiger partial charge in [-0.2, -0.15) is 4.52 Å². The molecule has 0 bridgehead atoms. The maximum Gasteiger partial charge on any atom is 0.275 e. The number of ether oxygens (including phenoxy) is 1. The minimum atomic E-state index is -0.273. The van der Waals surface area contributed by atoms with Crippen molar-refractivity contribution in [2.24, 2.45) is 0 Å². The monoisotopic (exact) mass is 386 g/mol. The molecular weight excluding hydrogens is 360 g/mol. The molecule has 0 spiro atoms. The first kappa shape index (κ1) is 19.4. The lowest BCUT2D eigenvalue weighted by molar-refractivity contribution is 0.129. The molecule has 0 amide bonds. The zero-order valence-electron chi connectivity index (χ0n) is 16.5. The van der Waals surface area contributed by atoms with E-state index in [9.17, 15) is 4.79 Å². The fourth-order valence-electron chi connectivity index (χ4n) is 2.72. The Balaban J connectivity index is 1.83. The second-order valence-electron chi connectivity index (χ2n) is 7.62. The number of anilines is 1. The molecule has 6 nitrogen and oxygen atoms in total. The number of rotatable bonds is 6. The molecule has 27 heavy (non-hydrogen) atoms. The van der Waals surface area contributed by atoms with E-state index in [2.05, 4.69) is 34.5 Å². The van der Waals surface area contributed by atoms with Gasteiger partial charge in [0.05, 0.1) is 0 Å². The molecule has 0 aliphatic rings. The molecular formula is C20H26N4O2S. The van der Waals surface area contributed by atoms with Crippen LogP contribution in [0.15, 0.2) is 29.1 Å². The van der Waals surface area contributed by atoms with Gasteiger partial charge < -0.3 is 10.1 Å².